The van der Waals surface area contributed by atoms with Crippen LogP contribution in [0.2, 0.25) is 0 Å². The van der Waals surface area contributed by atoms with E-state index in [1.807, 2.05) is 4.90 Å². The number of carboxylic acids is 1. The lowest BCUT2D eigenvalue weighted by molar-refractivity contribution is -0.144. The third-order valence-electron chi connectivity index (χ3n) is 7.28. The van der Waals surface area contributed by atoms with Gasteiger partial charge in [-0.05, 0) is 25.5 Å². The summed E-state index contributed by atoms with van der Waals surface area (Å²) in [4.78, 5) is 17.5. The van der Waals surface area contributed by atoms with E-state index in [1.165, 1.54) is 12.1 Å². The van der Waals surface area contributed by atoms with Gasteiger partial charge in [-0.15, -0.1) is 0 Å². The Hall–Kier alpha value is -4.23. The van der Waals surface area contributed by atoms with Crippen LogP contribution in [0.5, 0.6) is 5.75 Å². The molecule has 0 bridgehead atoms. The normalized spacial score (nSPS) is 21.6. The second-order valence-electron chi connectivity index (χ2n) is 9.77. The number of fused-ring (bicyclic) bond motifs is 1. The van der Waals surface area contributed by atoms with Crippen LogP contribution >= 0.6 is 0 Å². The predicted molar refractivity (Wildman–Crippen MR) is 132 cm³/mol. The first kappa shape index (κ1) is 26.0. The van der Waals surface area contributed by atoms with Crippen molar-refractivity contribution in [1.29, 1.82) is 0 Å². The molecule has 10 nitrogen and oxygen atoms in total. The quantitative estimate of drug-likeness (QED) is 0.357. The zero-order valence-electron chi connectivity index (χ0n) is 20.8. The van der Waals surface area contributed by atoms with E-state index in [1.54, 1.807) is 36.4 Å². The van der Waals surface area contributed by atoms with Crippen LogP contribution in [0, 0.1) is 5.92 Å². The smallest absolute Gasteiger partial charge is 0.422 e. The minimum atomic E-state index is -4.81. The standard InChI is InChI=1S/C27H23F3N4O6/c28-27(29,30)20-21(14-5-2-1-3-6-14)32-39-23(20)25-31-24(33-40-25)15-8-9-17-19(11-15)38-13-18(22(17)35)34-10-4-7-16(12-34)26(36)37/h1-3,5-6,8-9,11,16,18,22,35H,4,7,10,12-13H2,(H,36,37)/t16?,18-,22+/m1/s1. The molecule has 6 rings (SSSR count). The number of nitrogens with zero attached hydrogens (tertiary/aromatic N) is 4. The Morgan fingerprint density at radius 2 is 1.85 bits per heavy atom. The molecule has 4 heterocycles. The van der Waals surface area contributed by atoms with Gasteiger partial charge in [0.25, 0.3) is 5.89 Å². The lowest BCUT2D eigenvalue weighted by Gasteiger charge is -2.41. The number of rotatable bonds is 5. The molecule has 1 fully saturated rings. The number of carbonyl (C=O) groups is 1. The molecule has 4 aromatic rings. The number of aliphatic hydroxyl groups excluding tert-OH is 1. The van der Waals surface area contributed by atoms with Gasteiger partial charge in [0.2, 0.25) is 11.6 Å². The van der Waals surface area contributed by atoms with Crippen molar-refractivity contribution in [2.24, 2.45) is 5.92 Å². The molecular weight excluding hydrogens is 533 g/mol. The molecule has 40 heavy (non-hydrogen) atoms. The molecule has 1 saturated heterocycles. The van der Waals surface area contributed by atoms with Gasteiger partial charge in [0.15, 0.2) is 0 Å². The van der Waals surface area contributed by atoms with Crippen LogP contribution in [-0.4, -0.2) is 62.1 Å². The molecular formula is C27H23F3N4O6. The molecule has 1 unspecified atom stereocenters. The predicted octanol–water partition coefficient (Wildman–Crippen LogP) is 4.67. The molecule has 2 aliphatic heterocycles. The Morgan fingerprint density at radius 3 is 2.60 bits per heavy atom. The third-order valence-corrected chi connectivity index (χ3v) is 7.28. The second-order valence-corrected chi connectivity index (χ2v) is 9.77. The van der Waals surface area contributed by atoms with E-state index >= 15 is 0 Å². The van der Waals surface area contributed by atoms with Gasteiger partial charge in [-0.3, -0.25) is 9.69 Å². The number of piperidine rings is 1. The van der Waals surface area contributed by atoms with Crippen molar-refractivity contribution in [3.63, 3.8) is 0 Å². The van der Waals surface area contributed by atoms with Gasteiger partial charge >= 0.3 is 12.1 Å². The maximum absolute atomic E-state index is 14.0. The fourth-order valence-electron chi connectivity index (χ4n) is 5.26. The van der Waals surface area contributed by atoms with Gasteiger partial charge in [0, 0.05) is 23.2 Å². The van der Waals surface area contributed by atoms with Crippen LogP contribution in [0.15, 0.2) is 57.6 Å². The van der Waals surface area contributed by atoms with Crippen LogP contribution in [0.3, 0.4) is 0 Å². The summed E-state index contributed by atoms with van der Waals surface area (Å²) in [6.45, 7) is 1.12. The molecule has 0 aliphatic carbocycles. The minimum Gasteiger partial charge on any atom is -0.491 e. The van der Waals surface area contributed by atoms with Gasteiger partial charge in [-0.1, -0.05) is 52.8 Å². The van der Waals surface area contributed by atoms with E-state index in [4.69, 9.17) is 13.8 Å². The van der Waals surface area contributed by atoms with Crippen molar-refractivity contribution in [2.75, 3.05) is 19.7 Å². The van der Waals surface area contributed by atoms with Gasteiger partial charge < -0.3 is 24.0 Å². The van der Waals surface area contributed by atoms with Crippen LogP contribution in [-0.2, 0) is 11.0 Å². The van der Waals surface area contributed by atoms with Crippen molar-refractivity contribution in [3.8, 4) is 40.0 Å². The molecule has 2 aromatic heterocycles. The topological polar surface area (TPSA) is 135 Å². The zero-order chi connectivity index (χ0) is 28.0. The molecule has 2 aliphatic rings. The first-order valence-corrected chi connectivity index (χ1v) is 12.6. The van der Waals surface area contributed by atoms with E-state index < -0.39 is 53.1 Å². The Balaban J connectivity index is 1.26. The summed E-state index contributed by atoms with van der Waals surface area (Å²) >= 11 is 0. The molecule has 3 atom stereocenters. The number of alkyl halides is 3. The Labute approximate surface area is 225 Å². The number of halogens is 3. The monoisotopic (exact) mass is 556 g/mol. The fraction of sp³-hybridized carbons (Fsp3) is 0.333. The van der Waals surface area contributed by atoms with Crippen LogP contribution in [0.4, 0.5) is 13.2 Å². The number of hydrogen-bond acceptors (Lipinski definition) is 9. The number of likely N-dealkylation sites (tertiary alicyclic amines) is 1. The van der Waals surface area contributed by atoms with Crippen LogP contribution in [0.25, 0.3) is 34.3 Å². The highest BCUT2D eigenvalue weighted by molar-refractivity contribution is 5.71. The summed E-state index contributed by atoms with van der Waals surface area (Å²) in [6, 6.07) is 12.2. The summed E-state index contributed by atoms with van der Waals surface area (Å²) in [7, 11) is 0. The van der Waals surface area contributed by atoms with E-state index in [9.17, 15) is 28.2 Å². The van der Waals surface area contributed by atoms with Crippen molar-refractivity contribution in [1.82, 2.24) is 20.2 Å². The van der Waals surface area contributed by atoms with Gasteiger partial charge in [0.1, 0.15) is 29.7 Å². The maximum Gasteiger partial charge on any atom is 0.422 e. The highest BCUT2D eigenvalue weighted by Crippen LogP contribution is 2.43. The van der Waals surface area contributed by atoms with Gasteiger partial charge in [-0.2, -0.15) is 18.2 Å². The second kappa shape index (κ2) is 10.1. The fourth-order valence-corrected chi connectivity index (χ4v) is 5.26. The number of aliphatic hydroxyl groups is 1. The number of aromatic nitrogens is 3. The van der Waals surface area contributed by atoms with Gasteiger partial charge in [-0.25, -0.2) is 0 Å². The van der Waals surface area contributed by atoms with E-state index in [0.717, 1.165) is 0 Å². The molecule has 0 amide bonds. The van der Waals surface area contributed by atoms with Crippen LogP contribution in [0.1, 0.15) is 30.1 Å². The lowest BCUT2D eigenvalue weighted by atomic mass is 9.92. The SMILES string of the molecule is O=C(O)C1CCCN([C@@H]2COc3cc(-c4noc(-c5onc(-c6ccccc6)c5C(F)(F)F)n4)ccc3[C@@H]2O)C1. The zero-order valence-corrected chi connectivity index (χ0v) is 20.8. The highest BCUT2D eigenvalue weighted by Gasteiger charge is 2.43. The first-order valence-electron chi connectivity index (χ1n) is 12.6. The van der Waals surface area contributed by atoms with Gasteiger partial charge in [0.05, 0.1) is 12.0 Å². The number of aliphatic carboxylic acids is 1. The number of hydrogen-bond donors (Lipinski definition) is 2. The minimum absolute atomic E-state index is 0.0101. The molecule has 2 aromatic carbocycles. The number of benzene rings is 2. The van der Waals surface area contributed by atoms with Crippen molar-refractivity contribution in [2.45, 2.75) is 31.2 Å². The van der Waals surface area contributed by atoms with E-state index in [-0.39, 0.29) is 18.0 Å². The molecule has 2 N–H and O–H groups in total. The van der Waals surface area contributed by atoms with Crippen molar-refractivity contribution in [3.05, 3.63) is 59.7 Å². The highest BCUT2D eigenvalue weighted by atomic mass is 19.4. The Bertz CT molecular complexity index is 1540. The Morgan fingerprint density at radius 1 is 1.05 bits per heavy atom. The lowest BCUT2D eigenvalue weighted by Crippen LogP contribution is -2.51. The van der Waals surface area contributed by atoms with Crippen molar-refractivity contribution >= 4 is 5.97 Å². The van der Waals surface area contributed by atoms with Crippen LogP contribution < -0.4 is 4.74 Å². The molecule has 0 spiro atoms. The largest absolute Gasteiger partial charge is 0.491 e. The Kier molecular flexibility index (Phi) is 6.55. The number of carboxylic acid groups (broad SMARTS) is 1. The molecule has 13 heteroatoms. The van der Waals surface area contributed by atoms with E-state index in [2.05, 4.69) is 15.3 Å². The number of ether oxygens (including phenoxy) is 1. The van der Waals surface area contributed by atoms with Crippen molar-refractivity contribution < 1.29 is 42.0 Å². The van der Waals surface area contributed by atoms with E-state index in [0.29, 0.717) is 42.8 Å². The third kappa shape index (κ3) is 4.71. The average molecular weight is 556 g/mol. The molecule has 0 saturated carbocycles. The average Bonchev–Trinajstić information content (AvgIpc) is 3.62. The summed E-state index contributed by atoms with van der Waals surface area (Å²) in [5.74, 6) is -2.19. The molecule has 208 valence electrons. The summed E-state index contributed by atoms with van der Waals surface area (Å²) in [5.41, 5.74) is -0.407. The molecule has 0 radical (unpaired) electrons. The maximum atomic E-state index is 14.0. The summed E-state index contributed by atoms with van der Waals surface area (Å²) in [5, 5.41) is 27.9. The first-order chi connectivity index (χ1) is 19.2. The summed E-state index contributed by atoms with van der Waals surface area (Å²) in [6.07, 6.45) is -4.43. The summed E-state index contributed by atoms with van der Waals surface area (Å²) < 4.78 is 58.2.